The number of methoxy groups -OCH3 is 1. The monoisotopic (exact) mass is 268 g/mol. The second-order valence-corrected chi connectivity index (χ2v) is 4.66. The molecule has 20 heavy (non-hydrogen) atoms. The van der Waals surface area contributed by atoms with E-state index in [1.807, 2.05) is 36.4 Å². The summed E-state index contributed by atoms with van der Waals surface area (Å²) in [5, 5.41) is 0. The van der Waals surface area contributed by atoms with Crippen LogP contribution in [0.15, 0.2) is 48.5 Å². The number of hydrogen-bond acceptors (Lipinski definition) is 1. The second kappa shape index (κ2) is 11.1. The Labute approximate surface area is 123 Å². The van der Waals surface area contributed by atoms with Gasteiger partial charge in [0.25, 0.3) is 0 Å². The molecule has 0 saturated heterocycles. The van der Waals surface area contributed by atoms with E-state index in [4.69, 9.17) is 4.74 Å². The van der Waals surface area contributed by atoms with Crippen LogP contribution in [0.1, 0.15) is 38.2 Å². The molecule has 0 fully saturated rings. The smallest absolute Gasteiger partial charge is 0.118 e. The molecule has 0 bridgehead atoms. The van der Waals surface area contributed by atoms with Gasteiger partial charge in [0.15, 0.2) is 0 Å². The first kappa shape index (κ1) is 16.3. The molecule has 0 aromatic heterocycles. The second-order valence-electron chi connectivity index (χ2n) is 4.66. The lowest BCUT2D eigenvalue weighted by molar-refractivity contribution is 0.415. The molecular weight excluding hydrogens is 244 g/mol. The first-order valence-corrected chi connectivity index (χ1v) is 7.32. The van der Waals surface area contributed by atoms with Crippen LogP contribution in [-0.4, -0.2) is 7.11 Å². The minimum atomic E-state index is 0.878. The molecule has 2 aromatic carbocycles. The predicted octanol–water partition coefficient (Wildman–Crippen LogP) is 5.10. The average Bonchev–Trinajstić information content (AvgIpc) is 2.54. The van der Waals surface area contributed by atoms with Gasteiger partial charge in [-0.05, 0) is 42.7 Å². The molecular formula is C19H24O. The summed E-state index contributed by atoms with van der Waals surface area (Å²) >= 11 is 0. The van der Waals surface area contributed by atoms with Gasteiger partial charge >= 0.3 is 0 Å². The molecule has 0 heterocycles. The zero-order valence-electron chi connectivity index (χ0n) is 12.6. The molecule has 0 atom stereocenters. The molecule has 0 aliphatic rings. The van der Waals surface area contributed by atoms with Crippen LogP contribution in [0.25, 0.3) is 0 Å². The maximum Gasteiger partial charge on any atom is 0.118 e. The van der Waals surface area contributed by atoms with Crippen molar-refractivity contribution in [3.63, 3.8) is 0 Å². The topological polar surface area (TPSA) is 9.23 Å². The van der Waals surface area contributed by atoms with Crippen molar-refractivity contribution < 1.29 is 4.74 Å². The van der Waals surface area contributed by atoms with E-state index in [2.05, 4.69) is 31.2 Å². The van der Waals surface area contributed by atoms with Gasteiger partial charge in [0, 0.05) is 0 Å². The number of unbranched alkanes of at least 4 members (excludes halogenated alkanes) is 3. The zero-order chi connectivity index (χ0) is 14.5. The van der Waals surface area contributed by atoms with Crippen LogP contribution in [0.3, 0.4) is 0 Å². The van der Waals surface area contributed by atoms with Crippen LogP contribution >= 0.6 is 0 Å². The number of rotatable bonds is 6. The van der Waals surface area contributed by atoms with Gasteiger partial charge in [-0.15, -0.1) is 0 Å². The summed E-state index contributed by atoms with van der Waals surface area (Å²) in [5.74, 6) is 0.878. The summed E-state index contributed by atoms with van der Waals surface area (Å²) < 4.78 is 4.89. The molecule has 0 unspecified atom stereocenters. The van der Waals surface area contributed by atoms with Crippen LogP contribution in [0, 0.1) is 12.1 Å². The molecule has 0 spiro atoms. The number of aryl methyl sites for hydroxylation is 1. The highest BCUT2D eigenvalue weighted by Crippen LogP contribution is 2.06. The van der Waals surface area contributed by atoms with Gasteiger partial charge in [-0.3, -0.25) is 0 Å². The lowest BCUT2D eigenvalue weighted by Gasteiger charge is -1.99. The quantitative estimate of drug-likeness (QED) is 0.662. The minimum Gasteiger partial charge on any atom is -0.497 e. The van der Waals surface area contributed by atoms with Crippen LogP contribution in [0.4, 0.5) is 0 Å². The number of hydrogen-bond donors (Lipinski definition) is 0. The molecule has 0 amide bonds. The van der Waals surface area contributed by atoms with E-state index >= 15 is 0 Å². The van der Waals surface area contributed by atoms with Crippen molar-refractivity contribution >= 4 is 0 Å². The standard InChI is InChI=1S/C12H17.C7H7O/c1-2-3-4-6-9-12-10-7-5-8-11-12;1-8-7-5-3-2-4-6-7/h7-8,10-11H,2-4,6,9H2,1H3;3-6H,1H3. The fraction of sp³-hybridized carbons (Fsp3) is 0.368. The molecule has 0 aliphatic carbocycles. The summed E-state index contributed by atoms with van der Waals surface area (Å²) in [6.07, 6.45) is 6.63. The van der Waals surface area contributed by atoms with E-state index in [0.29, 0.717) is 0 Å². The van der Waals surface area contributed by atoms with Crippen molar-refractivity contribution in [1.82, 2.24) is 0 Å². The molecule has 0 aliphatic heterocycles. The van der Waals surface area contributed by atoms with Crippen LogP contribution in [-0.2, 0) is 6.42 Å². The van der Waals surface area contributed by atoms with Gasteiger partial charge in [0.05, 0.1) is 7.11 Å². The maximum atomic E-state index is 4.89. The minimum absolute atomic E-state index is 0.878. The van der Waals surface area contributed by atoms with E-state index in [1.54, 1.807) is 7.11 Å². The highest BCUT2D eigenvalue weighted by molar-refractivity contribution is 5.19. The Morgan fingerprint density at radius 3 is 1.95 bits per heavy atom. The van der Waals surface area contributed by atoms with E-state index in [1.165, 1.54) is 37.7 Å². The third kappa shape index (κ3) is 7.63. The lowest BCUT2D eigenvalue weighted by Crippen LogP contribution is -1.84. The zero-order valence-corrected chi connectivity index (χ0v) is 12.6. The summed E-state index contributed by atoms with van der Waals surface area (Å²) in [5.41, 5.74) is 1.45. The summed E-state index contributed by atoms with van der Waals surface area (Å²) in [7, 11) is 1.65. The summed E-state index contributed by atoms with van der Waals surface area (Å²) in [6.45, 7) is 2.25. The Morgan fingerprint density at radius 1 is 0.850 bits per heavy atom. The number of benzene rings is 2. The highest BCUT2D eigenvalue weighted by atomic mass is 16.5. The first-order chi connectivity index (χ1) is 9.86. The summed E-state index contributed by atoms with van der Waals surface area (Å²) in [4.78, 5) is 0. The fourth-order valence-corrected chi connectivity index (χ4v) is 1.85. The van der Waals surface area contributed by atoms with Gasteiger partial charge in [-0.1, -0.05) is 62.6 Å². The molecule has 0 saturated carbocycles. The fourth-order valence-electron chi connectivity index (χ4n) is 1.85. The van der Waals surface area contributed by atoms with Crippen molar-refractivity contribution in [3.05, 3.63) is 66.2 Å². The van der Waals surface area contributed by atoms with E-state index in [0.717, 1.165) is 5.75 Å². The maximum absolute atomic E-state index is 4.89. The van der Waals surface area contributed by atoms with Crippen LogP contribution in [0.2, 0.25) is 0 Å². The van der Waals surface area contributed by atoms with Gasteiger partial charge in [-0.25, -0.2) is 0 Å². The van der Waals surface area contributed by atoms with E-state index in [9.17, 15) is 0 Å². The van der Waals surface area contributed by atoms with Gasteiger partial charge < -0.3 is 4.74 Å². The van der Waals surface area contributed by atoms with Crippen molar-refractivity contribution in [1.29, 1.82) is 0 Å². The van der Waals surface area contributed by atoms with Gasteiger partial charge in [-0.2, -0.15) is 0 Å². The van der Waals surface area contributed by atoms with Gasteiger partial charge in [0.1, 0.15) is 5.75 Å². The third-order valence-electron chi connectivity index (χ3n) is 3.03. The van der Waals surface area contributed by atoms with E-state index in [-0.39, 0.29) is 0 Å². The van der Waals surface area contributed by atoms with Crippen molar-refractivity contribution in [3.8, 4) is 5.75 Å². The van der Waals surface area contributed by atoms with Crippen molar-refractivity contribution in [2.75, 3.05) is 7.11 Å². The third-order valence-corrected chi connectivity index (χ3v) is 3.03. The van der Waals surface area contributed by atoms with Gasteiger partial charge in [0.2, 0.25) is 0 Å². The van der Waals surface area contributed by atoms with Crippen molar-refractivity contribution in [2.45, 2.75) is 39.0 Å². The molecule has 2 radical (unpaired) electrons. The average molecular weight is 268 g/mol. The first-order valence-electron chi connectivity index (χ1n) is 7.32. The normalized spacial score (nSPS) is 9.50. The Hall–Kier alpha value is -1.76. The largest absolute Gasteiger partial charge is 0.497 e. The molecule has 2 aromatic rings. The Kier molecular flexibility index (Phi) is 9.04. The Morgan fingerprint density at radius 2 is 1.45 bits per heavy atom. The SMILES string of the molecule is CCCCCCc1cc[c]cc1.COc1cc[c]cc1. The highest BCUT2D eigenvalue weighted by Gasteiger charge is 1.90. The van der Waals surface area contributed by atoms with Crippen LogP contribution < -0.4 is 4.74 Å². The molecule has 2 rings (SSSR count). The molecule has 1 nitrogen and oxygen atoms in total. The van der Waals surface area contributed by atoms with E-state index < -0.39 is 0 Å². The Balaban J connectivity index is 0.000000217. The lowest BCUT2D eigenvalue weighted by atomic mass is 10.1. The molecule has 1 heteroatoms. The molecule has 0 N–H and O–H groups in total. The predicted molar refractivity (Wildman–Crippen MR) is 85.0 cm³/mol. The van der Waals surface area contributed by atoms with Crippen LogP contribution in [0.5, 0.6) is 5.75 Å². The number of ether oxygens (including phenoxy) is 1. The molecule has 106 valence electrons. The summed E-state index contributed by atoms with van der Waals surface area (Å²) in [6, 6.07) is 21.6. The van der Waals surface area contributed by atoms with Crippen molar-refractivity contribution in [2.24, 2.45) is 0 Å². The Bertz CT molecular complexity index is 422.